The van der Waals surface area contributed by atoms with E-state index in [0.29, 0.717) is 44.2 Å². The molecule has 1 saturated heterocycles. The third kappa shape index (κ3) is 4.37. The Kier molecular flexibility index (Phi) is 7.36. The third-order valence-electron chi connectivity index (χ3n) is 7.11. The average Bonchev–Trinajstić information content (AvgIpc) is 3.57. The first kappa shape index (κ1) is 26.3. The fraction of sp³-hybridized carbons (Fsp3) is 0.423. The summed E-state index contributed by atoms with van der Waals surface area (Å²) in [5.74, 6) is 4.34. The summed E-state index contributed by atoms with van der Waals surface area (Å²) in [6, 6.07) is 3.30. The molecule has 0 unspecified atom stereocenters. The summed E-state index contributed by atoms with van der Waals surface area (Å²) in [5.41, 5.74) is 8.74. The molecule has 2 atom stereocenters. The molecule has 1 aromatic carbocycles. The standard InChI is InChI=1S/C26H32FN7O3/c1-6-21(35)34-26(29-4,18-12-13-33(14-18)15-37-7-2)22(25(28)36)19(31-34)10-8-17-9-11-20-24(23(17)27)30-16(3)32(20)5/h6,9,11,18,29,31H,1,7,12-15H2,2-5H3,(H2,28,36)/t18-,26+/m0/s1. The molecule has 196 valence electrons. The fourth-order valence-corrected chi connectivity index (χ4v) is 5.19. The Bertz CT molecular complexity index is 1360. The van der Waals surface area contributed by atoms with Crippen molar-refractivity contribution in [2.45, 2.75) is 25.9 Å². The molecule has 0 spiro atoms. The van der Waals surface area contributed by atoms with Gasteiger partial charge in [0.25, 0.3) is 11.8 Å². The second-order valence-corrected chi connectivity index (χ2v) is 9.07. The van der Waals surface area contributed by atoms with E-state index in [1.165, 1.54) is 5.01 Å². The van der Waals surface area contributed by atoms with Crippen molar-refractivity contribution < 1.29 is 18.7 Å². The number of ether oxygens (including phenoxy) is 1. The lowest BCUT2D eigenvalue weighted by molar-refractivity contribution is -0.137. The van der Waals surface area contributed by atoms with Crippen LogP contribution in [0, 0.1) is 30.5 Å². The molecule has 0 aliphatic carbocycles. The summed E-state index contributed by atoms with van der Waals surface area (Å²) in [5, 5.41) is 4.49. The van der Waals surface area contributed by atoms with E-state index in [9.17, 15) is 9.59 Å². The number of nitrogens with one attached hydrogen (secondary N) is 2. The predicted octanol–water partition coefficient (Wildman–Crippen LogP) is 0.876. The van der Waals surface area contributed by atoms with Gasteiger partial charge in [-0.3, -0.25) is 25.2 Å². The van der Waals surface area contributed by atoms with Crippen LogP contribution in [0.3, 0.4) is 0 Å². The van der Waals surface area contributed by atoms with Crippen molar-refractivity contribution in [3.63, 3.8) is 0 Å². The molecule has 11 heteroatoms. The number of aromatic nitrogens is 2. The highest BCUT2D eigenvalue weighted by atomic mass is 19.1. The summed E-state index contributed by atoms with van der Waals surface area (Å²) < 4.78 is 22.6. The third-order valence-corrected chi connectivity index (χ3v) is 7.11. The molecule has 2 aliphatic heterocycles. The normalized spacial score (nSPS) is 21.8. The van der Waals surface area contributed by atoms with Gasteiger partial charge in [-0.2, -0.15) is 0 Å². The lowest BCUT2D eigenvalue weighted by Crippen LogP contribution is -2.66. The molecule has 2 amide bonds. The van der Waals surface area contributed by atoms with Crippen LogP contribution < -0.4 is 16.5 Å². The van der Waals surface area contributed by atoms with Crippen molar-refractivity contribution >= 4 is 22.8 Å². The van der Waals surface area contributed by atoms with Gasteiger partial charge in [-0.1, -0.05) is 12.5 Å². The van der Waals surface area contributed by atoms with Crippen molar-refractivity contribution in [3.8, 4) is 11.8 Å². The lowest BCUT2D eigenvalue weighted by Gasteiger charge is -2.42. The Morgan fingerprint density at radius 2 is 2.19 bits per heavy atom. The number of imidazole rings is 1. The van der Waals surface area contributed by atoms with Crippen molar-refractivity contribution in [3.05, 3.63) is 53.3 Å². The van der Waals surface area contributed by atoms with E-state index in [0.717, 1.165) is 6.08 Å². The first-order chi connectivity index (χ1) is 17.7. The molecule has 2 aromatic rings. The highest BCUT2D eigenvalue weighted by Crippen LogP contribution is 2.40. The summed E-state index contributed by atoms with van der Waals surface area (Å²) >= 11 is 0. The van der Waals surface area contributed by atoms with Gasteiger partial charge in [0, 0.05) is 32.7 Å². The number of hydrogen-bond acceptors (Lipinski definition) is 7. The maximum atomic E-state index is 15.2. The Hall–Kier alpha value is -3.72. The van der Waals surface area contributed by atoms with Crippen LogP contribution in [0.4, 0.5) is 4.39 Å². The van der Waals surface area contributed by atoms with Gasteiger partial charge in [0.05, 0.1) is 23.4 Å². The Morgan fingerprint density at radius 1 is 1.43 bits per heavy atom. The van der Waals surface area contributed by atoms with Gasteiger partial charge in [0.2, 0.25) is 0 Å². The summed E-state index contributed by atoms with van der Waals surface area (Å²) in [4.78, 5) is 32.3. The molecule has 3 heterocycles. The molecule has 37 heavy (non-hydrogen) atoms. The van der Waals surface area contributed by atoms with E-state index in [1.54, 1.807) is 30.7 Å². The van der Waals surface area contributed by atoms with Crippen molar-refractivity contribution in [1.29, 1.82) is 0 Å². The van der Waals surface area contributed by atoms with Crippen LogP contribution in [-0.4, -0.2) is 70.4 Å². The minimum atomic E-state index is -1.29. The average molecular weight is 510 g/mol. The first-order valence-electron chi connectivity index (χ1n) is 12.1. The smallest absolute Gasteiger partial charge is 0.266 e. The Balaban J connectivity index is 1.80. The maximum absolute atomic E-state index is 15.2. The zero-order valence-electron chi connectivity index (χ0n) is 21.5. The number of hydrogen-bond donors (Lipinski definition) is 3. The molecule has 1 aromatic heterocycles. The van der Waals surface area contributed by atoms with Gasteiger partial charge in [0.15, 0.2) is 11.5 Å². The zero-order valence-corrected chi connectivity index (χ0v) is 21.5. The van der Waals surface area contributed by atoms with Gasteiger partial charge >= 0.3 is 0 Å². The van der Waals surface area contributed by atoms with E-state index in [1.807, 2.05) is 14.0 Å². The Labute approximate surface area is 215 Å². The number of rotatable bonds is 7. The SMILES string of the molecule is C=CC(=O)N1NC(C#Cc2ccc3c(nc(C)n3C)c2F)=C(C(N)=O)[C@@]1(NC)[C@H]1CCN(COCC)C1. The van der Waals surface area contributed by atoms with Gasteiger partial charge < -0.3 is 15.0 Å². The van der Waals surface area contributed by atoms with Crippen LogP contribution in [0.2, 0.25) is 0 Å². The van der Waals surface area contributed by atoms with E-state index in [-0.39, 0.29) is 28.3 Å². The number of nitrogens with two attached hydrogens (primary N) is 1. The van der Waals surface area contributed by atoms with Crippen molar-refractivity contribution in [1.82, 2.24) is 30.2 Å². The Morgan fingerprint density at radius 3 is 2.84 bits per heavy atom. The van der Waals surface area contributed by atoms with E-state index in [4.69, 9.17) is 10.5 Å². The quantitative estimate of drug-likeness (QED) is 0.375. The van der Waals surface area contributed by atoms with Gasteiger partial charge in [0.1, 0.15) is 17.0 Å². The second kappa shape index (κ2) is 10.3. The molecule has 2 aliphatic rings. The molecule has 0 radical (unpaired) electrons. The van der Waals surface area contributed by atoms with Gasteiger partial charge in [-0.25, -0.2) is 14.4 Å². The molecular formula is C26H32FN7O3. The largest absolute Gasteiger partial charge is 0.366 e. The van der Waals surface area contributed by atoms with Crippen molar-refractivity contribution in [2.24, 2.45) is 18.7 Å². The molecule has 4 rings (SSSR count). The van der Waals surface area contributed by atoms with E-state index in [2.05, 4.69) is 39.0 Å². The van der Waals surface area contributed by atoms with Crippen LogP contribution in [0.15, 0.2) is 36.1 Å². The van der Waals surface area contributed by atoms with Crippen molar-refractivity contribution in [2.75, 3.05) is 33.5 Å². The topological polar surface area (TPSA) is 118 Å². The predicted molar refractivity (Wildman–Crippen MR) is 137 cm³/mol. The fourth-order valence-electron chi connectivity index (χ4n) is 5.19. The van der Waals surface area contributed by atoms with E-state index >= 15 is 4.39 Å². The summed E-state index contributed by atoms with van der Waals surface area (Å²) in [7, 11) is 3.47. The maximum Gasteiger partial charge on any atom is 0.266 e. The zero-order chi connectivity index (χ0) is 26.9. The van der Waals surface area contributed by atoms with Crippen LogP contribution in [0.1, 0.15) is 24.7 Å². The molecule has 0 saturated carbocycles. The van der Waals surface area contributed by atoms with Crippen LogP contribution >= 0.6 is 0 Å². The number of carbonyl (C=O) groups excluding carboxylic acids is 2. The highest BCUT2D eigenvalue weighted by molar-refractivity contribution is 5.99. The minimum Gasteiger partial charge on any atom is -0.366 e. The number of primary amides is 1. The van der Waals surface area contributed by atoms with Crippen LogP contribution in [-0.2, 0) is 21.4 Å². The molecule has 1 fully saturated rings. The number of likely N-dealkylation sites (N-methyl/N-ethyl adjacent to an activating group) is 1. The molecule has 0 bridgehead atoms. The summed E-state index contributed by atoms with van der Waals surface area (Å²) in [6.45, 7) is 9.59. The second-order valence-electron chi connectivity index (χ2n) is 9.07. The number of halogens is 1. The number of likely N-dealkylation sites (tertiary alicyclic amines) is 1. The van der Waals surface area contributed by atoms with Crippen LogP contribution in [0.25, 0.3) is 11.0 Å². The lowest BCUT2D eigenvalue weighted by atomic mass is 9.83. The molecule has 10 nitrogen and oxygen atoms in total. The number of carbonyl (C=O) groups is 2. The van der Waals surface area contributed by atoms with E-state index < -0.39 is 23.3 Å². The number of amides is 2. The number of nitrogens with zero attached hydrogens (tertiary/aromatic N) is 4. The number of hydrazine groups is 1. The highest BCUT2D eigenvalue weighted by Gasteiger charge is 2.56. The molecular weight excluding hydrogens is 477 g/mol. The summed E-state index contributed by atoms with van der Waals surface area (Å²) in [6.07, 6.45) is 1.82. The number of aryl methyl sites for hydroxylation is 2. The van der Waals surface area contributed by atoms with Gasteiger partial charge in [-0.05, 0) is 51.4 Å². The first-order valence-corrected chi connectivity index (χ1v) is 12.1. The number of benzene rings is 1. The number of allylic oxidation sites excluding steroid dienone is 1. The monoisotopic (exact) mass is 509 g/mol. The molecule has 4 N–H and O–H groups in total. The number of fused-ring (bicyclic) bond motifs is 1. The van der Waals surface area contributed by atoms with Crippen LogP contribution in [0.5, 0.6) is 0 Å². The minimum absolute atomic E-state index is 0.107. The van der Waals surface area contributed by atoms with Gasteiger partial charge in [-0.15, -0.1) is 0 Å².